The molecule has 38 heavy (non-hydrogen) atoms. The summed E-state index contributed by atoms with van der Waals surface area (Å²) in [6.45, 7) is 4.28. The van der Waals surface area contributed by atoms with Gasteiger partial charge in [0.05, 0.1) is 36.2 Å². The Labute approximate surface area is 218 Å². The van der Waals surface area contributed by atoms with Gasteiger partial charge in [-0.3, -0.25) is 14.4 Å². The number of pyridine rings is 1. The highest BCUT2D eigenvalue weighted by Gasteiger charge is 2.20. The first-order valence-electron chi connectivity index (χ1n) is 12.1. The maximum Gasteiger partial charge on any atom is 0.263 e. The molecule has 0 saturated carbocycles. The number of nitrogens with two attached hydrogens (primary N) is 2. The Morgan fingerprint density at radius 3 is 2.63 bits per heavy atom. The highest BCUT2D eigenvalue weighted by molar-refractivity contribution is 6.14. The van der Waals surface area contributed by atoms with Crippen LogP contribution >= 0.6 is 0 Å². The minimum absolute atomic E-state index is 0.0906. The molecule has 3 aromatic heterocycles. The smallest absolute Gasteiger partial charge is 0.263 e. The number of nitrogens with zero attached hydrogens (tertiary/aromatic N) is 6. The molecule has 0 amide bonds. The van der Waals surface area contributed by atoms with Crippen molar-refractivity contribution in [3.8, 4) is 5.69 Å². The van der Waals surface area contributed by atoms with E-state index in [0.29, 0.717) is 27.7 Å². The van der Waals surface area contributed by atoms with Gasteiger partial charge in [0.1, 0.15) is 17.8 Å². The van der Waals surface area contributed by atoms with Crippen molar-refractivity contribution in [2.45, 2.75) is 20.4 Å². The number of nitrogen functional groups attached to an aromatic ring is 1. The van der Waals surface area contributed by atoms with Gasteiger partial charge in [-0.1, -0.05) is 36.4 Å². The molecule has 0 radical (unpaired) electrons. The predicted molar refractivity (Wildman–Crippen MR) is 150 cm³/mol. The zero-order chi connectivity index (χ0) is 26.8. The van der Waals surface area contributed by atoms with Gasteiger partial charge in [-0.25, -0.2) is 14.6 Å². The van der Waals surface area contributed by atoms with E-state index in [0.717, 1.165) is 27.9 Å². The Bertz CT molecular complexity index is 1780. The molecule has 192 valence electrons. The van der Waals surface area contributed by atoms with Gasteiger partial charge in [-0.05, 0) is 42.5 Å². The third-order valence-electron chi connectivity index (χ3n) is 6.47. The Morgan fingerprint density at radius 2 is 1.87 bits per heavy atom. The molecule has 0 fully saturated rings. The van der Waals surface area contributed by atoms with E-state index < -0.39 is 0 Å². The molecule has 0 aliphatic rings. The summed E-state index contributed by atoms with van der Waals surface area (Å²) < 4.78 is 3.43. The molecular weight excluding hydrogens is 480 g/mol. The first kappa shape index (κ1) is 24.8. The number of benzene rings is 2. The second kappa shape index (κ2) is 10.3. The normalized spacial score (nSPS) is 12.2. The van der Waals surface area contributed by atoms with E-state index in [1.165, 1.54) is 18.7 Å². The minimum Gasteiger partial charge on any atom is -0.404 e. The van der Waals surface area contributed by atoms with E-state index in [4.69, 9.17) is 21.7 Å². The van der Waals surface area contributed by atoms with Crippen molar-refractivity contribution in [1.29, 1.82) is 0 Å². The Balaban J connectivity index is 1.76. The number of rotatable bonds is 7. The molecule has 0 saturated heterocycles. The highest BCUT2D eigenvalue weighted by atomic mass is 16.3. The number of aryl methyl sites for hydroxylation is 2. The molecule has 5 aromatic rings. The number of hydrogen-bond donors (Lipinski definition) is 3. The summed E-state index contributed by atoms with van der Waals surface area (Å²) in [4.78, 5) is 26.8. The highest BCUT2D eigenvalue weighted by Crippen LogP contribution is 2.28. The van der Waals surface area contributed by atoms with Crippen molar-refractivity contribution in [3.63, 3.8) is 0 Å². The van der Waals surface area contributed by atoms with Gasteiger partial charge in [0.25, 0.3) is 5.56 Å². The first-order valence-corrected chi connectivity index (χ1v) is 12.1. The van der Waals surface area contributed by atoms with Crippen LogP contribution in [0.4, 0.5) is 5.82 Å². The third-order valence-corrected chi connectivity index (χ3v) is 6.47. The second-order valence-electron chi connectivity index (χ2n) is 8.95. The summed E-state index contributed by atoms with van der Waals surface area (Å²) in [5.74, 6) is 0.247. The molecule has 3 heterocycles. The summed E-state index contributed by atoms with van der Waals surface area (Å²) in [7, 11) is 0. The van der Waals surface area contributed by atoms with Crippen LogP contribution in [0.5, 0.6) is 0 Å². The third kappa shape index (κ3) is 4.31. The Hall–Kier alpha value is -4.83. The summed E-state index contributed by atoms with van der Waals surface area (Å²) in [6.07, 6.45) is 4.29. The predicted octanol–water partition coefficient (Wildman–Crippen LogP) is 2.74. The fourth-order valence-corrected chi connectivity index (χ4v) is 4.68. The van der Waals surface area contributed by atoms with E-state index in [2.05, 4.69) is 15.0 Å². The van der Waals surface area contributed by atoms with Crippen LogP contribution in [0.15, 0.2) is 70.8 Å². The number of aliphatic hydroxyl groups excluding tert-OH is 1. The molecule has 5 rings (SSSR count). The van der Waals surface area contributed by atoms with E-state index in [1.807, 2.05) is 62.4 Å². The molecular formula is C28H28N8O2. The number of hydrogen-bond acceptors (Lipinski definition) is 8. The monoisotopic (exact) mass is 508 g/mol. The molecule has 10 nitrogen and oxygen atoms in total. The van der Waals surface area contributed by atoms with Crippen LogP contribution < -0.4 is 17.0 Å². The zero-order valence-electron chi connectivity index (χ0n) is 21.2. The summed E-state index contributed by atoms with van der Waals surface area (Å²) >= 11 is 0. The van der Waals surface area contributed by atoms with Crippen LogP contribution in [0.3, 0.4) is 0 Å². The van der Waals surface area contributed by atoms with Crippen LogP contribution in [0.25, 0.3) is 33.1 Å². The van der Waals surface area contributed by atoms with E-state index in [-0.39, 0.29) is 31.1 Å². The molecule has 0 aliphatic carbocycles. The number of allylic oxidation sites excluding steroid dienone is 1. The zero-order valence-corrected chi connectivity index (χ0v) is 21.2. The molecule has 0 aliphatic heterocycles. The lowest BCUT2D eigenvalue weighted by Crippen LogP contribution is -2.25. The maximum atomic E-state index is 14.0. The van der Waals surface area contributed by atoms with Crippen molar-refractivity contribution in [2.24, 2.45) is 10.7 Å². The minimum atomic E-state index is -0.102. The molecule has 0 unspecified atom stereocenters. The molecule has 5 N–H and O–H groups in total. The fourth-order valence-electron chi connectivity index (χ4n) is 4.68. The van der Waals surface area contributed by atoms with Crippen molar-refractivity contribution in [1.82, 2.24) is 24.3 Å². The summed E-state index contributed by atoms with van der Waals surface area (Å²) in [5, 5.41) is 16.0. The number of aromatic nitrogens is 5. The van der Waals surface area contributed by atoms with Gasteiger partial charge >= 0.3 is 0 Å². The lowest BCUT2D eigenvalue weighted by Gasteiger charge is -2.17. The van der Waals surface area contributed by atoms with Crippen molar-refractivity contribution < 1.29 is 5.11 Å². The van der Waals surface area contributed by atoms with Crippen molar-refractivity contribution >= 4 is 39.4 Å². The molecule has 2 aromatic carbocycles. The van der Waals surface area contributed by atoms with Gasteiger partial charge in [0, 0.05) is 23.7 Å². The van der Waals surface area contributed by atoms with Crippen molar-refractivity contribution in [3.05, 3.63) is 93.9 Å². The average Bonchev–Trinajstić information content (AvgIpc) is 3.27. The summed E-state index contributed by atoms with van der Waals surface area (Å²) in [5.41, 5.74) is 16.9. The van der Waals surface area contributed by atoms with Crippen LogP contribution in [0, 0.1) is 13.8 Å². The van der Waals surface area contributed by atoms with Gasteiger partial charge in [0.2, 0.25) is 0 Å². The van der Waals surface area contributed by atoms with Crippen LogP contribution in [-0.4, -0.2) is 48.8 Å². The average molecular weight is 509 g/mol. The van der Waals surface area contributed by atoms with E-state index >= 15 is 0 Å². The number of anilines is 1. The molecule has 10 heteroatoms. The van der Waals surface area contributed by atoms with Crippen molar-refractivity contribution in [2.75, 3.05) is 18.9 Å². The molecule has 0 spiro atoms. The molecule has 0 bridgehead atoms. The Kier molecular flexibility index (Phi) is 6.71. The Morgan fingerprint density at radius 1 is 1.08 bits per heavy atom. The number of aliphatic hydroxyl groups is 1. The lowest BCUT2D eigenvalue weighted by atomic mass is 10.1. The van der Waals surface area contributed by atoms with Crippen LogP contribution in [-0.2, 0) is 6.54 Å². The van der Waals surface area contributed by atoms with Gasteiger partial charge in [-0.15, -0.1) is 0 Å². The van der Waals surface area contributed by atoms with Gasteiger partial charge < -0.3 is 16.6 Å². The second-order valence-corrected chi connectivity index (χ2v) is 8.95. The number of fused-ring (bicyclic) bond motifs is 2. The van der Waals surface area contributed by atoms with E-state index in [1.54, 1.807) is 9.25 Å². The lowest BCUT2D eigenvalue weighted by molar-refractivity contribution is 0.307. The first-order chi connectivity index (χ1) is 18.4. The SMILES string of the molecule is Cc1ccccc1-n1c(Cn2nc(C(C=NCCO)=CN)c3c(N)ncnc32)cc2cccc(C)c2c1=O. The van der Waals surface area contributed by atoms with Gasteiger partial charge in [-0.2, -0.15) is 5.10 Å². The van der Waals surface area contributed by atoms with Crippen LogP contribution in [0.2, 0.25) is 0 Å². The largest absolute Gasteiger partial charge is 0.404 e. The number of para-hydroxylation sites is 1. The van der Waals surface area contributed by atoms with E-state index in [9.17, 15) is 4.79 Å². The summed E-state index contributed by atoms with van der Waals surface area (Å²) in [6, 6.07) is 15.6. The fraction of sp³-hybridized carbons (Fsp3) is 0.179. The molecule has 0 atom stereocenters. The standard InChI is InChI=1S/C28H28N8O2/c1-17-6-3-4-9-22(17)36-21(12-19-8-5-7-18(2)23(19)28(36)38)15-35-27-24(26(30)32-16-33-27)25(34-35)20(13-29)14-31-10-11-37/h3-9,12-14,16,37H,10-11,15,29H2,1-2H3,(H2,30,32,33). The quantitative estimate of drug-likeness (QED) is 0.286. The maximum absolute atomic E-state index is 14.0. The van der Waals surface area contributed by atoms with Gasteiger partial charge in [0.15, 0.2) is 5.65 Å². The topological polar surface area (TPSA) is 150 Å². The number of aliphatic imine (C=N–C) groups is 1. The van der Waals surface area contributed by atoms with Crippen LogP contribution in [0.1, 0.15) is 22.5 Å².